The van der Waals surface area contributed by atoms with Crippen molar-refractivity contribution in [1.82, 2.24) is 4.98 Å². The van der Waals surface area contributed by atoms with Crippen molar-refractivity contribution in [2.45, 2.75) is 0 Å². The van der Waals surface area contributed by atoms with Gasteiger partial charge in [0.2, 0.25) is 10.0 Å². The van der Waals surface area contributed by atoms with Crippen LogP contribution in [0.5, 0.6) is 0 Å². The normalized spacial score (nSPS) is 11.5. The zero-order chi connectivity index (χ0) is 14.9. The van der Waals surface area contributed by atoms with Crippen molar-refractivity contribution in [2.75, 3.05) is 11.0 Å². The minimum absolute atomic E-state index is 0.493. The Bertz CT molecular complexity index is 891. The summed E-state index contributed by atoms with van der Waals surface area (Å²) < 4.78 is 25.4. The maximum atomic E-state index is 11.5. The summed E-state index contributed by atoms with van der Waals surface area (Å²) in [6.07, 6.45) is 2.79. The number of pyridine rings is 1. The molecule has 0 radical (unpaired) electrons. The summed E-state index contributed by atoms with van der Waals surface area (Å²) in [5.41, 5.74) is 3.23. The minimum Gasteiger partial charge on any atom is -0.282 e. The first-order chi connectivity index (χ1) is 10.0. The van der Waals surface area contributed by atoms with Gasteiger partial charge in [-0.05, 0) is 23.3 Å². The highest BCUT2D eigenvalue weighted by Crippen LogP contribution is 2.32. The number of anilines is 1. The number of sulfonamides is 1. The first kappa shape index (κ1) is 13.6. The maximum absolute atomic E-state index is 11.5. The lowest BCUT2D eigenvalue weighted by atomic mass is 10.00. The molecule has 0 amide bonds. The molecule has 0 aliphatic carbocycles. The molecule has 2 aromatic carbocycles. The molecule has 1 N–H and O–H groups in total. The molecule has 5 heteroatoms. The topological polar surface area (TPSA) is 59.1 Å². The van der Waals surface area contributed by atoms with E-state index in [1.165, 1.54) is 0 Å². The van der Waals surface area contributed by atoms with Crippen LogP contribution in [0.2, 0.25) is 0 Å². The third-order valence-electron chi connectivity index (χ3n) is 3.15. The number of hydrogen-bond donors (Lipinski definition) is 1. The van der Waals surface area contributed by atoms with E-state index in [0.29, 0.717) is 11.2 Å². The van der Waals surface area contributed by atoms with Crippen LogP contribution >= 0.6 is 0 Å². The highest BCUT2D eigenvalue weighted by atomic mass is 32.2. The van der Waals surface area contributed by atoms with Gasteiger partial charge in [0, 0.05) is 11.6 Å². The highest BCUT2D eigenvalue weighted by Gasteiger charge is 2.11. The summed E-state index contributed by atoms with van der Waals surface area (Å²) in [4.78, 5) is 4.32. The Kier molecular flexibility index (Phi) is 3.35. The molecular formula is C16H14N2O2S. The number of fused-ring (bicyclic) bond motifs is 1. The van der Waals surface area contributed by atoms with Gasteiger partial charge in [-0.25, -0.2) is 8.42 Å². The third-order valence-corrected chi connectivity index (χ3v) is 3.74. The monoisotopic (exact) mass is 298 g/mol. The van der Waals surface area contributed by atoms with E-state index in [1.807, 2.05) is 48.5 Å². The summed E-state index contributed by atoms with van der Waals surface area (Å²) in [5.74, 6) is 0. The Morgan fingerprint density at radius 2 is 1.71 bits per heavy atom. The fraction of sp³-hybridized carbons (Fsp3) is 0.0625. The average molecular weight is 298 g/mol. The van der Waals surface area contributed by atoms with Gasteiger partial charge in [0.1, 0.15) is 0 Å². The second-order valence-corrected chi connectivity index (χ2v) is 6.55. The number of nitrogens with zero attached hydrogens (tertiary/aromatic N) is 1. The van der Waals surface area contributed by atoms with Crippen molar-refractivity contribution in [3.05, 3.63) is 60.8 Å². The molecule has 3 rings (SSSR count). The van der Waals surface area contributed by atoms with Crippen LogP contribution in [0.1, 0.15) is 0 Å². The summed E-state index contributed by atoms with van der Waals surface area (Å²) in [7, 11) is -3.34. The molecule has 0 aliphatic rings. The van der Waals surface area contributed by atoms with Crippen molar-refractivity contribution in [1.29, 1.82) is 0 Å². The van der Waals surface area contributed by atoms with E-state index in [1.54, 1.807) is 12.3 Å². The molecule has 0 aliphatic heterocycles. The van der Waals surface area contributed by atoms with Crippen LogP contribution in [0.25, 0.3) is 22.0 Å². The van der Waals surface area contributed by atoms with Crippen molar-refractivity contribution < 1.29 is 8.42 Å². The summed E-state index contributed by atoms with van der Waals surface area (Å²) in [6.45, 7) is 0. The number of benzene rings is 2. The van der Waals surface area contributed by atoms with Crippen LogP contribution in [0.15, 0.2) is 60.8 Å². The number of hydrogen-bond acceptors (Lipinski definition) is 3. The van der Waals surface area contributed by atoms with Crippen LogP contribution in [-0.4, -0.2) is 19.7 Å². The third kappa shape index (κ3) is 2.87. The van der Waals surface area contributed by atoms with Crippen LogP contribution < -0.4 is 4.72 Å². The number of aromatic nitrogens is 1. The Balaban J connectivity index is 2.25. The first-order valence-electron chi connectivity index (χ1n) is 6.45. The first-order valence-corrected chi connectivity index (χ1v) is 8.35. The quantitative estimate of drug-likeness (QED) is 0.807. The van der Waals surface area contributed by atoms with Gasteiger partial charge in [0.15, 0.2) is 0 Å². The second-order valence-electron chi connectivity index (χ2n) is 4.80. The predicted octanol–water partition coefficient (Wildman–Crippen LogP) is 3.27. The molecule has 0 unspecified atom stereocenters. The molecule has 0 saturated heterocycles. The summed E-state index contributed by atoms with van der Waals surface area (Å²) in [5, 5.41) is 0.914. The van der Waals surface area contributed by atoms with Crippen molar-refractivity contribution in [2.24, 2.45) is 0 Å². The van der Waals surface area contributed by atoms with Gasteiger partial charge >= 0.3 is 0 Å². The molecule has 0 saturated carbocycles. The highest BCUT2D eigenvalue weighted by molar-refractivity contribution is 7.92. The zero-order valence-electron chi connectivity index (χ0n) is 11.4. The Hall–Kier alpha value is -2.40. The lowest BCUT2D eigenvalue weighted by molar-refractivity contribution is 0.607. The second kappa shape index (κ2) is 5.18. The Morgan fingerprint density at radius 3 is 2.43 bits per heavy atom. The van der Waals surface area contributed by atoms with E-state index in [-0.39, 0.29) is 0 Å². The van der Waals surface area contributed by atoms with E-state index in [4.69, 9.17) is 0 Å². The number of rotatable bonds is 3. The lowest BCUT2D eigenvalue weighted by Gasteiger charge is -2.11. The molecule has 0 bridgehead atoms. The lowest BCUT2D eigenvalue weighted by Crippen LogP contribution is -2.10. The van der Waals surface area contributed by atoms with Crippen LogP contribution in [-0.2, 0) is 10.0 Å². The molecule has 106 valence electrons. The van der Waals surface area contributed by atoms with Gasteiger partial charge < -0.3 is 0 Å². The van der Waals surface area contributed by atoms with Gasteiger partial charge in [0.25, 0.3) is 0 Å². The SMILES string of the molecule is CS(=O)(=O)Nc1ccc(-c2ccccc2)c2cccnc12. The largest absolute Gasteiger partial charge is 0.282 e. The average Bonchev–Trinajstić information content (AvgIpc) is 2.47. The molecule has 21 heavy (non-hydrogen) atoms. The Labute approximate surface area is 123 Å². The van der Waals surface area contributed by atoms with Crippen molar-refractivity contribution in [3.8, 4) is 11.1 Å². The van der Waals surface area contributed by atoms with Gasteiger partial charge in [-0.2, -0.15) is 0 Å². The molecule has 0 atom stereocenters. The van der Waals surface area contributed by atoms with E-state index >= 15 is 0 Å². The van der Waals surface area contributed by atoms with E-state index < -0.39 is 10.0 Å². The van der Waals surface area contributed by atoms with E-state index in [0.717, 1.165) is 22.8 Å². The van der Waals surface area contributed by atoms with Crippen molar-refractivity contribution in [3.63, 3.8) is 0 Å². The van der Waals surface area contributed by atoms with Gasteiger partial charge in [-0.15, -0.1) is 0 Å². The predicted molar refractivity (Wildman–Crippen MR) is 85.6 cm³/mol. The molecule has 0 spiro atoms. The van der Waals surface area contributed by atoms with E-state index in [2.05, 4.69) is 9.71 Å². The van der Waals surface area contributed by atoms with Crippen LogP contribution in [0, 0.1) is 0 Å². The fourth-order valence-corrected chi connectivity index (χ4v) is 2.89. The molecule has 4 nitrogen and oxygen atoms in total. The van der Waals surface area contributed by atoms with Gasteiger partial charge in [0.05, 0.1) is 17.5 Å². The standard InChI is InChI=1S/C16H14N2O2S/c1-21(19,20)18-15-10-9-13(12-6-3-2-4-7-12)14-8-5-11-17-16(14)15/h2-11,18H,1H3. The van der Waals surface area contributed by atoms with Crippen LogP contribution in [0.4, 0.5) is 5.69 Å². The van der Waals surface area contributed by atoms with Crippen LogP contribution in [0.3, 0.4) is 0 Å². The molecule has 3 aromatic rings. The molecule has 1 heterocycles. The molecular weight excluding hydrogens is 284 g/mol. The van der Waals surface area contributed by atoms with Crippen molar-refractivity contribution >= 4 is 26.6 Å². The summed E-state index contributed by atoms with van der Waals surface area (Å²) >= 11 is 0. The fourth-order valence-electron chi connectivity index (χ4n) is 2.32. The molecule has 1 aromatic heterocycles. The minimum atomic E-state index is -3.34. The zero-order valence-corrected chi connectivity index (χ0v) is 12.3. The number of nitrogens with one attached hydrogen (secondary N) is 1. The maximum Gasteiger partial charge on any atom is 0.229 e. The smallest absolute Gasteiger partial charge is 0.229 e. The Morgan fingerprint density at radius 1 is 0.952 bits per heavy atom. The summed E-state index contributed by atoms with van der Waals surface area (Å²) in [6, 6.07) is 17.4. The van der Waals surface area contributed by atoms with Gasteiger partial charge in [-0.1, -0.05) is 42.5 Å². The van der Waals surface area contributed by atoms with Gasteiger partial charge in [-0.3, -0.25) is 9.71 Å². The van der Waals surface area contributed by atoms with E-state index in [9.17, 15) is 8.42 Å². The molecule has 0 fully saturated rings.